The van der Waals surface area contributed by atoms with Gasteiger partial charge in [-0.2, -0.15) is 0 Å². The topological polar surface area (TPSA) is 23.6 Å². The standard InChI is InChI=1S/C15H18N2O/c1-3-17-12-8-5-4-7-11(12)14(15(17)18)13-9-6-10-16(13)2/h4-5,7-8H,3,6,9-10H2,1-2H3. The van der Waals surface area contributed by atoms with Crippen LogP contribution >= 0.6 is 0 Å². The van der Waals surface area contributed by atoms with Crippen LogP contribution in [0.2, 0.25) is 0 Å². The number of carbonyl (C=O) groups excluding carboxylic acids is 1. The van der Waals surface area contributed by atoms with Crippen LogP contribution in [0.3, 0.4) is 0 Å². The summed E-state index contributed by atoms with van der Waals surface area (Å²) in [7, 11) is 2.08. The second kappa shape index (κ2) is 4.16. The lowest BCUT2D eigenvalue weighted by atomic mass is 10.0. The molecule has 0 radical (unpaired) electrons. The molecule has 0 aliphatic carbocycles. The summed E-state index contributed by atoms with van der Waals surface area (Å²) in [5.74, 6) is 0.169. The quantitative estimate of drug-likeness (QED) is 0.706. The lowest BCUT2D eigenvalue weighted by Crippen LogP contribution is -2.26. The van der Waals surface area contributed by atoms with Crippen molar-refractivity contribution in [3.05, 3.63) is 35.5 Å². The van der Waals surface area contributed by atoms with Gasteiger partial charge in [-0.1, -0.05) is 18.2 Å². The maximum atomic E-state index is 12.6. The fraction of sp³-hybridized carbons (Fsp3) is 0.400. The number of likely N-dealkylation sites (N-methyl/N-ethyl adjacent to an activating group) is 1. The van der Waals surface area contributed by atoms with E-state index >= 15 is 0 Å². The molecule has 1 saturated heterocycles. The lowest BCUT2D eigenvalue weighted by Gasteiger charge is -2.16. The van der Waals surface area contributed by atoms with E-state index in [2.05, 4.69) is 18.0 Å². The molecule has 2 aliphatic heterocycles. The Kier molecular flexibility index (Phi) is 2.62. The molecule has 0 bridgehead atoms. The maximum Gasteiger partial charge on any atom is 0.260 e. The summed E-state index contributed by atoms with van der Waals surface area (Å²) in [5, 5.41) is 0. The van der Waals surface area contributed by atoms with E-state index in [0.717, 1.165) is 42.8 Å². The Morgan fingerprint density at radius 3 is 2.72 bits per heavy atom. The zero-order chi connectivity index (χ0) is 12.7. The molecule has 1 fully saturated rings. The van der Waals surface area contributed by atoms with Crippen molar-refractivity contribution in [1.82, 2.24) is 4.90 Å². The molecule has 1 aromatic carbocycles. The van der Waals surface area contributed by atoms with Gasteiger partial charge in [0.05, 0.1) is 11.3 Å². The Balaban J connectivity index is 2.20. The molecule has 2 heterocycles. The molecule has 0 unspecified atom stereocenters. The van der Waals surface area contributed by atoms with Gasteiger partial charge < -0.3 is 9.80 Å². The van der Waals surface area contributed by atoms with E-state index in [1.54, 1.807) is 0 Å². The average molecular weight is 242 g/mol. The molecule has 0 saturated carbocycles. The summed E-state index contributed by atoms with van der Waals surface area (Å²) in [6.45, 7) is 3.82. The Labute approximate surface area is 108 Å². The van der Waals surface area contributed by atoms with E-state index in [9.17, 15) is 4.79 Å². The third-order valence-electron chi connectivity index (χ3n) is 3.90. The van der Waals surface area contributed by atoms with E-state index in [4.69, 9.17) is 0 Å². The van der Waals surface area contributed by atoms with Crippen LogP contribution < -0.4 is 4.90 Å². The van der Waals surface area contributed by atoms with Crippen molar-refractivity contribution in [3.63, 3.8) is 0 Å². The number of likely N-dealkylation sites (tertiary alicyclic amines) is 1. The Bertz CT molecular complexity index is 533. The molecule has 3 heteroatoms. The molecule has 0 spiro atoms. The second-order valence-corrected chi connectivity index (χ2v) is 4.91. The zero-order valence-corrected chi connectivity index (χ0v) is 10.9. The normalized spacial score (nSPS) is 22.9. The number of nitrogens with zero attached hydrogens (tertiary/aromatic N) is 2. The highest BCUT2D eigenvalue weighted by molar-refractivity contribution is 6.33. The second-order valence-electron chi connectivity index (χ2n) is 4.91. The monoisotopic (exact) mass is 242 g/mol. The molecular weight excluding hydrogens is 224 g/mol. The predicted octanol–water partition coefficient (Wildman–Crippen LogP) is 2.49. The molecule has 94 valence electrons. The lowest BCUT2D eigenvalue weighted by molar-refractivity contribution is -0.113. The van der Waals surface area contributed by atoms with E-state index in [0.29, 0.717) is 0 Å². The first-order valence-corrected chi connectivity index (χ1v) is 6.59. The number of benzene rings is 1. The van der Waals surface area contributed by atoms with Gasteiger partial charge in [-0.05, 0) is 25.8 Å². The van der Waals surface area contributed by atoms with Crippen LogP contribution in [0.15, 0.2) is 30.0 Å². The van der Waals surface area contributed by atoms with Crippen LogP contribution in [0.4, 0.5) is 5.69 Å². The first-order chi connectivity index (χ1) is 8.74. The average Bonchev–Trinajstić information content (AvgIpc) is 2.90. The number of amides is 1. The minimum atomic E-state index is 0.169. The van der Waals surface area contributed by atoms with E-state index in [1.165, 1.54) is 5.70 Å². The first-order valence-electron chi connectivity index (χ1n) is 6.59. The van der Waals surface area contributed by atoms with E-state index < -0.39 is 0 Å². The van der Waals surface area contributed by atoms with Gasteiger partial charge in [-0.3, -0.25) is 4.79 Å². The fourth-order valence-corrected chi connectivity index (χ4v) is 3.00. The van der Waals surface area contributed by atoms with Crippen molar-refractivity contribution >= 4 is 17.2 Å². The van der Waals surface area contributed by atoms with Crippen molar-refractivity contribution in [1.29, 1.82) is 0 Å². The van der Waals surface area contributed by atoms with Gasteiger partial charge in [0.15, 0.2) is 0 Å². The number of allylic oxidation sites excluding steroid dienone is 1. The summed E-state index contributed by atoms with van der Waals surface area (Å²) in [5.41, 5.74) is 4.30. The Morgan fingerprint density at radius 2 is 2.06 bits per heavy atom. The van der Waals surface area contributed by atoms with Crippen molar-refractivity contribution in [2.75, 3.05) is 25.0 Å². The molecule has 3 rings (SSSR count). The molecule has 18 heavy (non-hydrogen) atoms. The summed E-state index contributed by atoms with van der Waals surface area (Å²) < 4.78 is 0. The van der Waals surface area contributed by atoms with Gasteiger partial charge in [-0.15, -0.1) is 0 Å². The minimum Gasteiger partial charge on any atom is -0.377 e. The number of hydrogen-bond donors (Lipinski definition) is 0. The Morgan fingerprint density at radius 1 is 1.28 bits per heavy atom. The third-order valence-corrected chi connectivity index (χ3v) is 3.90. The summed E-state index contributed by atoms with van der Waals surface area (Å²) in [6.07, 6.45) is 2.17. The van der Waals surface area contributed by atoms with Gasteiger partial charge in [0.25, 0.3) is 5.91 Å². The first kappa shape index (κ1) is 11.3. The van der Waals surface area contributed by atoms with Gasteiger partial charge in [0.2, 0.25) is 0 Å². The van der Waals surface area contributed by atoms with Gasteiger partial charge >= 0.3 is 0 Å². The number of hydrogen-bond acceptors (Lipinski definition) is 2. The van der Waals surface area contributed by atoms with Gasteiger partial charge in [0, 0.05) is 31.4 Å². The summed E-state index contributed by atoms with van der Waals surface area (Å²) in [4.78, 5) is 16.7. The third kappa shape index (κ3) is 1.47. The fourth-order valence-electron chi connectivity index (χ4n) is 3.00. The number of carbonyl (C=O) groups is 1. The smallest absolute Gasteiger partial charge is 0.260 e. The molecule has 0 aromatic heterocycles. The van der Waals surface area contributed by atoms with Crippen LogP contribution in [0.25, 0.3) is 5.57 Å². The van der Waals surface area contributed by atoms with Crippen molar-refractivity contribution in [2.24, 2.45) is 0 Å². The minimum absolute atomic E-state index is 0.169. The SMILES string of the molecule is CCN1C(=O)C(=C2CCCN2C)c2ccccc21. The Hall–Kier alpha value is -1.77. The van der Waals surface area contributed by atoms with E-state index in [-0.39, 0.29) is 5.91 Å². The molecule has 0 atom stereocenters. The number of fused-ring (bicyclic) bond motifs is 1. The highest BCUT2D eigenvalue weighted by atomic mass is 16.2. The molecule has 2 aliphatic rings. The molecule has 1 amide bonds. The zero-order valence-electron chi connectivity index (χ0n) is 10.9. The highest BCUT2D eigenvalue weighted by Crippen LogP contribution is 2.40. The highest BCUT2D eigenvalue weighted by Gasteiger charge is 2.35. The van der Waals surface area contributed by atoms with Gasteiger partial charge in [-0.25, -0.2) is 0 Å². The number of para-hydroxylation sites is 1. The molecule has 1 aromatic rings. The van der Waals surface area contributed by atoms with Crippen LogP contribution in [-0.2, 0) is 4.79 Å². The molecular formula is C15H18N2O. The van der Waals surface area contributed by atoms with Crippen LogP contribution in [-0.4, -0.2) is 30.9 Å². The maximum absolute atomic E-state index is 12.6. The molecule has 0 N–H and O–H groups in total. The van der Waals surface area contributed by atoms with Gasteiger partial charge in [0.1, 0.15) is 0 Å². The van der Waals surface area contributed by atoms with E-state index in [1.807, 2.05) is 30.0 Å². The predicted molar refractivity (Wildman–Crippen MR) is 73.3 cm³/mol. The van der Waals surface area contributed by atoms with Crippen molar-refractivity contribution < 1.29 is 4.79 Å². The molecule has 3 nitrogen and oxygen atoms in total. The summed E-state index contributed by atoms with van der Waals surface area (Å²) in [6, 6.07) is 8.12. The van der Waals surface area contributed by atoms with Crippen molar-refractivity contribution in [2.45, 2.75) is 19.8 Å². The van der Waals surface area contributed by atoms with Crippen LogP contribution in [0, 0.1) is 0 Å². The number of anilines is 1. The van der Waals surface area contributed by atoms with Crippen LogP contribution in [0.5, 0.6) is 0 Å². The van der Waals surface area contributed by atoms with Crippen molar-refractivity contribution in [3.8, 4) is 0 Å². The van der Waals surface area contributed by atoms with Crippen LogP contribution in [0.1, 0.15) is 25.3 Å². The number of rotatable bonds is 1. The summed E-state index contributed by atoms with van der Waals surface area (Å²) >= 11 is 0. The largest absolute Gasteiger partial charge is 0.377 e.